The van der Waals surface area contributed by atoms with Gasteiger partial charge in [0.05, 0.1) is 12.0 Å². The minimum absolute atomic E-state index is 0.0741. The molecule has 0 amide bonds. The number of hydrogen-bond donors (Lipinski definition) is 1. The lowest BCUT2D eigenvalue weighted by Gasteiger charge is -2.53. The van der Waals surface area contributed by atoms with Crippen LogP contribution in [0.15, 0.2) is 22.5 Å². The van der Waals surface area contributed by atoms with Crippen molar-refractivity contribution in [2.45, 2.75) is 105 Å². The molecule has 0 saturated heterocycles. The number of ether oxygens (including phenoxy) is 1. The fourth-order valence-corrected chi connectivity index (χ4v) is 7.50. The second-order valence-corrected chi connectivity index (χ2v) is 11.7. The van der Waals surface area contributed by atoms with E-state index in [2.05, 4.69) is 41.5 Å². The van der Waals surface area contributed by atoms with E-state index in [4.69, 9.17) is 4.74 Å². The van der Waals surface area contributed by atoms with E-state index >= 15 is 0 Å². The number of aliphatic hydroxyl groups is 1. The highest BCUT2D eigenvalue weighted by atomic mass is 16.5. The third-order valence-corrected chi connectivity index (χ3v) is 9.91. The number of fused-ring (bicyclic) bond motifs is 4. The molecule has 2 fully saturated rings. The fraction of sp³-hybridized carbons (Fsp3) is 0.815. The Morgan fingerprint density at radius 2 is 1.87 bits per heavy atom. The molecule has 3 aliphatic carbocycles. The average Bonchev–Trinajstić information content (AvgIpc) is 3.04. The van der Waals surface area contributed by atoms with Crippen LogP contribution in [0.2, 0.25) is 0 Å². The Hall–Kier alpha value is -1.09. The van der Waals surface area contributed by atoms with Gasteiger partial charge in [0, 0.05) is 11.3 Å². The van der Waals surface area contributed by atoms with Crippen LogP contribution >= 0.6 is 0 Å². The third-order valence-electron chi connectivity index (χ3n) is 9.91. The molecule has 4 rings (SSSR count). The molecule has 0 unspecified atom stereocenters. The summed E-state index contributed by atoms with van der Waals surface area (Å²) >= 11 is 0. The van der Waals surface area contributed by atoms with Crippen LogP contribution in [-0.2, 0) is 9.53 Å². The molecule has 3 nitrogen and oxygen atoms in total. The van der Waals surface area contributed by atoms with Gasteiger partial charge in [-0.05, 0) is 101 Å². The zero-order chi connectivity index (χ0) is 21.8. The van der Waals surface area contributed by atoms with E-state index in [0.717, 1.165) is 31.4 Å². The van der Waals surface area contributed by atoms with Crippen LogP contribution < -0.4 is 0 Å². The SMILES string of the molecule is CC(C)=C(C)CC[C@@H](C)[C@H]1CC[C@H]2C3=C(CC[C@]12C)[C@@]1(C)CC[C@H](O)C[C@@H]1C(=O)O3. The largest absolute Gasteiger partial charge is 0.431 e. The number of aliphatic hydroxyl groups excluding tert-OH is 1. The second kappa shape index (κ2) is 7.80. The van der Waals surface area contributed by atoms with Gasteiger partial charge in [-0.25, -0.2) is 0 Å². The van der Waals surface area contributed by atoms with Crippen molar-refractivity contribution < 1.29 is 14.6 Å². The molecular weight excluding hydrogens is 372 g/mol. The van der Waals surface area contributed by atoms with Crippen LogP contribution in [0, 0.1) is 34.5 Å². The predicted molar refractivity (Wildman–Crippen MR) is 121 cm³/mol. The summed E-state index contributed by atoms with van der Waals surface area (Å²) in [4.78, 5) is 13.0. The lowest BCUT2D eigenvalue weighted by Crippen LogP contribution is -2.50. The standard InChI is InChI=1S/C27H42O3/c1-16(2)17(3)7-8-18(4)20-9-10-21-24-22(12-14-26(20,21)5)27(6)13-11-19(28)15-23(27)25(29)30-24/h18-21,23,28H,7-15H2,1-6H3/t18-,19+,20-,21+,23-,26-,27-/m1/s1. The molecule has 0 aromatic carbocycles. The lowest BCUT2D eigenvalue weighted by molar-refractivity contribution is -0.159. The number of esters is 1. The van der Waals surface area contributed by atoms with E-state index in [9.17, 15) is 9.90 Å². The second-order valence-electron chi connectivity index (χ2n) is 11.7. The van der Waals surface area contributed by atoms with Crippen molar-refractivity contribution in [1.29, 1.82) is 0 Å². The molecule has 168 valence electrons. The molecule has 4 aliphatic rings. The van der Waals surface area contributed by atoms with Gasteiger partial charge in [0.2, 0.25) is 0 Å². The third kappa shape index (κ3) is 3.40. The van der Waals surface area contributed by atoms with Crippen LogP contribution in [0.25, 0.3) is 0 Å². The summed E-state index contributed by atoms with van der Waals surface area (Å²) in [6.45, 7) is 13.9. The summed E-state index contributed by atoms with van der Waals surface area (Å²) < 4.78 is 6.13. The van der Waals surface area contributed by atoms with Gasteiger partial charge < -0.3 is 9.84 Å². The maximum Gasteiger partial charge on any atom is 0.315 e. The van der Waals surface area contributed by atoms with Crippen molar-refractivity contribution in [3.8, 4) is 0 Å². The van der Waals surface area contributed by atoms with Gasteiger partial charge in [-0.3, -0.25) is 4.79 Å². The average molecular weight is 415 g/mol. The Balaban J connectivity index is 1.58. The molecule has 7 atom stereocenters. The number of allylic oxidation sites excluding steroid dienone is 4. The van der Waals surface area contributed by atoms with Crippen molar-refractivity contribution in [1.82, 2.24) is 0 Å². The number of carbonyl (C=O) groups excluding carboxylic acids is 1. The molecule has 1 N–H and O–H groups in total. The highest BCUT2D eigenvalue weighted by Crippen LogP contribution is 2.64. The molecule has 0 bridgehead atoms. The summed E-state index contributed by atoms with van der Waals surface area (Å²) in [7, 11) is 0. The first kappa shape index (κ1) is 22.1. The van der Waals surface area contributed by atoms with Gasteiger partial charge in [0.25, 0.3) is 0 Å². The van der Waals surface area contributed by atoms with Gasteiger partial charge in [-0.2, -0.15) is 0 Å². The Morgan fingerprint density at radius 3 is 2.57 bits per heavy atom. The summed E-state index contributed by atoms with van der Waals surface area (Å²) in [5.74, 6) is 2.62. The molecule has 0 aromatic heterocycles. The van der Waals surface area contributed by atoms with Crippen molar-refractivity contribution in [2.24, 2.45) is 34.5 Å². The summed E-state index contributed by atoms with van der Waals surface area (Å²) in [6, 6.07) is 0. The minimum atomic E-state index is -0.354. The number of rotatable bonds is 4. The topological polar surface area (TPSA) is 46.5 Å². The van der Waals surface area contributed by atoms with Gasteiger partial charge >= 0.3 is 5.97 Å². The highest BCUT2D eigenvalue weighted by molar-refractivity contribution is 5.77. The Morgan fingerprint density at radius 1 is 1.13 bits per heavy atom. The number of carbonyl (C=O) groups is 1. The molecule has 1 aliphatic heterocycles. The van der Waals surface area contributed by atoms with E-state index in [1.165, 1.54) is 42.4 Å². The molecule has 3 heteroatoms. The maximum absolute atomic E-state index is 13.0. The van der Waals surface area contributed by atoms with Gasteiger partial charge in [-0.15, -0.1) is 0 Å². The minimum Gasteiger partial charge on any atom is -0.431 e. The Kier molecular flexibility index (Phi) is 5.75. The zero-order valence-electron chi connectivity index (χ0n) is 20.0. The summed E-state index contributed by atoms with van der Waals surface area (Å²) in [6.07, 6.45) is 9.08. The van der Waals surface area contributed by atoms with Crippen molar-refractivity contribution in [3.63, 3.8) is 0 Å². The van der Waals surface area contributed by atoms with E-state index in [1.54, 1.807) is 0 Å². The van der Waals surface area contributed by atoms with Crippen LogP contribution in [-0.4, -0.2) is 17.2 Å². The predicted octanol–water partition coefficient (Wildman–Crippen LogP) is 6.56. The molecule has 2 saturated carbocycles. The summed E-state index contributed by atoms with van der Waals surface area (Å²) in [5, 5.41) is 10.2. The molecule has 0 radical (unpaired) electrons. The van der Waals surface area contributed by atoms with Crippen molar-refractivity contribution in [2.75, 3.05) is 0 Å². The first-order valence-electron chi connectivity index (χ1n) is 12.3. The first-order valence-corrected chi connectivity index (χ1v) is 12.3. The zero-order valence-corrected chi connectivity index (χ0v) is 20.0. The van der Waals surface area contributed by atoms with Crippen molar-refractivity contribution >= 4 is 5.97 Å². The van der Waals surface area contributed by atoms with Crippen molar-refractivity contribution in [3.05, 3.63) is 22.5 Å². The van der Waals surface area contributed by atoms with Crippen LogP contribution in [0.5, 0.6) is 0 Å². The van der Waals surface area contributed by atoms with Gasteiger partial charge in [-0.1, -0.05) is 31.9 Å². The molecule has 1 heterocycles. The van der Waals surface area contributed by atoms with E-state index < -0.39 is 0 Å². The lowest BCUT2D eigenvalue weighted by atomic mass is 9.54. The molecule has 30 heavy (non-hydrogen) atoms. The number of hydrogen-bond acceptors (Lipinski definition) is 3. The molecule has 0 aromatic rings. The molecular formula is C27H42O3. The monoisotopic (exact) mass is 414 g/mol. The maximum atomic E-state index is 13.0. The highest BCUT2D eigenvalue weighted by Gasteiger charge is 2.59. The fourth-order valence-electron chi connectivity index (χ4n) is 7.50. The molecule has 0 spiro atoms. The van der Waals surface area contributed by atoms with E-state index in [0.29, 0.717) is 24.2 Å². The van der Waals surface area contributed by atoms with E-state index in [1.807, 2.05) is 0 Å². The van der Waals surface area contributed by atoms with E-state index in [-0.39, 0.29) is 28.8 Å². The Labute approximate surface area is 183 Å². The normalized spacial score (nSPS) is 41.5. The van der Waals surface area contributed by atoms with Crippen LogP contribution in [0.4, 0.5) is 0 Å². The van der Waals surface area contributed by atoms with Crippen LogP contribution in [0.3, 0.4) is 0 Å². The quantitative estimate of drug-likeness (QED) is 0.418. The Bertz CT molecular complexity index is 773. The smallest absolute Gasteiger partial charge is 0.315 e. The van der Waals surface area contributed by atoms with Gasteiger partial charge in [0.15, 0.2) is 0 Å². The first-order chi connectivity index (χ1) is 14.1. The van der Waals surface area contributed by atoms with Gasteiger partial charge in [0.1, 0.15) is 5.76 Å². The summed E-state index contributed by atoms with van der Waals surface area (Å²) in [5.41, 5.74) is 4.56. The van der Waals surface area contributed by atoms with Crippen LogP contribution in [0.1, 0.15) is 99.3 Å².